The maximum absolute atomic E-state index is 12.2. The van der Waals surface area contributed by atoms with Gasteiger partial charge in [0.15, 0.2) is 0 Å². The van der Waals surface area contributed by atoms with Gasteiger partial charge in [0.1, 0.15) is 0 Å². The predicted octanol–water partition coefficient (Wildman–Crippen LogP) is 4.52. The summed E-state index contributed by atoms with van der Waals surface area (Å²) < 4.78 is 0. The second kappa shape index (κ2) is 6.57. The molecule has 0 saturated carbocycles. The highest BCUT2D eigenvalue weighted by molar-refractivity contribution is 8.00. The number of para-hydroxylation sites is 1. The van der Waals surface area contributed by atoms with Gasteiger partial charge in [-0.2, -0.15) is 0 Å². The van der Waals surface area contributed by atoms with E-state index in [1.54, 1.807) is 11.8 Å². The van der Waals surface area contributed by atoms with E-state index in [9.17, 15) is 4.79 Å². The first-order valence-electron chi connectivity index (χ1n) is 7.74. The van der Waals surface area contributed by atoms with Crippen LogP contribution in [0.25, 0.3) is 0 Å². The summed E-state index contributed by atoms with van der Waals surface area (Å²) in [5.74, 6) is 0.509. The van der Waals surface area contributed by atoms with Crippen molar-refractivity contribution in [3.63, 3.8) is 0 Å². The van der Waals surface area contributed by atoms with Gasteiger partial charge in [-0.15, -0.1) is 11.8 Å². The van der Waals surface area contributed by atoms with Gasteiger partial charge < -0.3 is 5.32 Å². The number of rotatable bonds is 4. The lowest BCUT2D eigenvalue weighted by Crippen LogP contribution is -2.15. The van der Waals surface area contributed by atoms with Crippen LogP contribution < -0.4 is 5.32 Å². The van der Waals surface area contributed by atoms with Gasteiger partial charge in [-0.05, 0) is 67.5 Å². The Bertz CT molecular complexity index is 688. The molecule has 0 aliphatic heterocycles. The van der Waals surface area contributed by atoms with Crippen molar-refractivity contribution >= 4 is 23.4 Å². The number of aryl methyl sites for hydroxylation is 4. The summed E-state index contributed by atoms with van der Waals surface area (Å²) in [5.41, 5.74) is 6.10. The second-order valence-corrected chi connectivity index (χ2v) is 6.94. The molecule has 1 aliphatic rings. The summed E-state index contributed by atoms with van der Waals surface area (Å²) in [6.07, 6.45) is 3.64. The summed E-state index contributed by atoms with van der Waals surface area (Å²) >= 11 is 1.61. The molecule has 1 N–H and O–H groups in total. The molecule has 1 amide bonds. The highest BCUT2D eigenvalue weighted by atomic mass is 32.2. The zero-order valence-electron chi connectivity index (χ0n) is 13.1. The Hall–Kier alpha value is -1.74. The van der Waals surface area contributed by atoms with Crippen LogP contribution in [-0.2, 0) is 17.6 Å². The molecule has 0 radical (unpaired) electrons. The summed E-state index contributed by atoms with van der Waals surface area (Å²) in [6.45, 7) is 4.05. The van der Waals surface area contributed by atoms with Crippen molar-refractivity contribution in [3.05, 3.63) is 58.7 Å². The van der Waals surface area contributed by atoms with Crippen molar-refractivity contribution in [2.75, 3.05) is 11.1 Å². The lowest BCUT2D eigenvalue weighted by atomic mass is 10.1. The number of anilines is 1. The van der Waals surface area contributed by atoms with Crippen molar-refractivity contribution < 1.29 is 4.79 Å². The quantitative estimate of drug-likeness (QED) is 0.841. The van der Waals surface area contributed by atoms with E-state index in [4.69, 9.17) is 0 Å². The average Bonchev–Trinajstić information content (AvgIpc) is 2.96. The van der Waals surface area contributed by atoms with Crippen LogP contribution >= 0.6 is 11.8 Å². The van der Waals surface area contributed by atoms with Crippen LogP contribution in [0, 0.1) is 13.8 Å². The minimum atomic E-state index is 0.0582. The fraction of sp³-hybridized carbons (Fsp3) is 0.316. The lowest BCUT2D eigenvalue weighted by Gasteiger charge is -2.11. The van der Waals surface area contributed by atoms with Crippen molar-refractivity contribution in [2.45, 2.75) is 38.0 Å². The number of carbonyl (C=O) groups excluding carboxylic acids is 1. The first kappa shape index (κ1) is 15.2. The topological polar surface area (TPSA) is 29.1 Å². The maximum Gasteiger partial charge on any atom is 0.234 e. The van der Waals surface area contributed by atoms with Gasteiger partial charge in [-0.3, -0.25) is 4.79 Å². The smallest absolute Gasteiger partial charge is 0.234 e. The van der Waals surface area contributed by atoms with Gasteiger partial charge in [-0.1, -0.05) is 24.3 Å². The highest BCUT2D eigenvalue weighted by Gasteiger charge is 2.12. The van der Waals surface area contributed by atoms with Gasteiger partial charge >= 0.3 is 0 Å². The lowest BCUT2D eigenvalue weighted by molar-refractivity contribution is -0.113. The van der Waals surface area contributed by atoms with Crippen molar-refractivity contribution in [2.24, 2.45) is 0 Å². The number of amides is 1. The summed E-state index contributed by atoms with van der Waals surface area (Å²) in [6, 6.07) is 12.7. The molecule has 0 saturated heterocycles. The number of fused-ring (bicyclic) bond motifs is 1. The van der Waals surface area contributed by atoms with E-state index in [0.29, 0.717) is 5.75 Å². The molecule has 0 unspecified atom stereocenters. The molecule has 3 heteroatoms. The van der Waals surface area contributed by atoms with E-state index >= 15 is 0 Å². The van der Waals surface area contributed by atoms with Crippen LogP contribution in [-0.4, -0.2) is 11.7 Å². The number of thioether (sulfide) groups is 1. The fourth-order valence-electron chi connectivity index (χ4n) is 2.97. The van der Waals surface area contributed by atoms with Gasteiger partial charge in [0.25, 0.3) is 0 Å². The fourth-order valence-corrected chi connectivity index (χ4v) is 3.73. The zero-order valence-corrected chi connectivity index (χ0v) is 13.9. The number of benzene rings is 2. The SMILES string of the molecule is Cc1cccc(C)c1NC(=O)CSc1ccc2c(c1)CCC2. The summed E-state index contributed by atoms with van der Waals surface area (Å²) in [7, 11) is 0. The van der Waals surface area contributed by atoms with Crippen molar-refractivity contribution in [3.8, 4) is 0 Å². The Morgan fingerprint density at radius 2 is 1.82 bits per heavy atom. The van der Waals surface area contributed by atoms with E-state index in [0.717, 1.165) is 16.8 Å². The first-order chi connectivity index (χ1) is 10.6. The van der Waals surface area contributed by atoms with Gasteiger partial charge in [0.05, 0.1) is 5.75 Å². The minimum absolute atomic E-state index is 0.0582. The average molecular weight is 311 g/mol. The number of nitrogens with one attached hydrogen (secondary N) is 1. The predicted molar refractivity (Wildman–Crippen MR) is 93.7 cm³/mol. The standard InChI is InChI=1S/C19H21NOS/c1-13-5-3-6-14(2)19(13)20-18(21)12-22-17-10-9-15-7-4-8-16(15)11-17/h3,5-6,9-11H,4,7-8,12H2,1-2H3,(H,20,21). The first-order valence-corrected chi connectivity index (χ1v) is 8.73. The van der Waals surface area contributed by atoms with Crippen LogP contribution in [0.1, 0.15) is 28.7 Å². The Kier molecular flexibility index (Phi) is 4.53. The van der Waals surface area contributed by atoms with Crippen LogP contribution in [0.2, 0.25) is 0 Å². The Morgan fingerprint density at radius 1 is 1.09 bits per heavy atom. The maximum atomic E-state index is 12.2. The molecule has 3 rings (SSSR count). The molecule has 2 aromatic carbocycles. The molecular formula is C19H21NOS. The third-order valence-electron chi connectivity index (χ3n) is 4.19. The molecule has 0 heterocycles. The number of hydrogen-bond donors (Lipinski definition) is 1. The zero-order chi connectivity index (χ0) is 15.5. The highest BCUT2D eigenvalue weighted by Crippen LogP contribution is 2.28. The number of hydrogen-bond acceptors (Lipinski definition) is 2. The van der Waals surface area contributed by atoms with Crippen LogP contribution in [0.4, 0.5) is 5.69 Å². The third-order valence-corrected chi connectivity index (χ3v) is 5.18. The van der Waals surface area contributed by atoms with E-state index < -0.39 is 0 Å². The van der Waals surface area contributed by atoms with E-state index in [-0.39, 0.29) is 5.91 Å². The van der Waals surface area contributed by atoms with Crippen LogP contribution in [0.3, 0.4) is 0 Å². The van der Waals surface area contributed by atoms with Crippen molar-refractivity contribution in [1.82, 2.24) is 0 Å². The third kappa shape index (κ3) is 3.36. The summed E-state index contributed by atoms with van der Waals surface area (Å²) in [5, 5.41) is 3.04. The Labute approximate surface area is 136 Å². The Morgan fingerprint density at radius 3 is 2.59 bits per heavy atom. The second-order valence-electron chi connectivity index (χ2n) is 5.89. The largest absolute Gasteiger partial charge is 0.325 e. The van der Waals surface area contributed by atoms with Crippen molar-refractivity contribution in [1.29, 1.82) is 0 Å². The van der Waals surface area contributed by atoms with E-state index in [2.05, 4.69) is 23.5 Å². The van der Waals surface area contributed by atoms with Crippen LogP contribution in [0.5, 0.6) is 0 Å². The molecule has 0 atom stereocenters. The van der Waals surface area contributed by atoms with E-state index in [1.165, 1.54) is 35.3 Å². The molecule has 1 aliphatic carbocycles. The molecule has 22 heavy (non-hydrogen) atoms. The number of carbonyl (C=O) groups is 1. The molecule has 0 spiro atoms. The normalized spacial score (nSPS) is 13.0. The Balaban J connectivity index is 1.61. The molecule has 2 aromatic rings. The van der Waals surface area contributed by atoms with Gasteiger partial charge in [0, 0.05) is 10.6 Å². The summed E-state index contributed by atoms with van der Waals surface area (Å²) in [4.78, 5) is 13.4. The monoisotopic (exact) mass is 311 g/mol. The van der Waals surface area contributed by atoms with Gasteiger partial charge in [0.2, 0.25) is 5.91 Å². The molecule has 114 valence electrons. The van der Waals surface area contributed by atoms with Gasteiger partial charge in [-0.25, -0.2) is 0 Å². The molecule has 2 nitrogen and oxygen atoms in total. The molecule has 0 aromatic heterocycles. The van der Waals surface area contributed by atoms with Crippen LogP contribution in [0.15, 0.2) is 41.3 Å². The van der Waals surface area contributed by atoms with E-state index in [1.807, 2.05) is 32.0 Å². The molecular weight excluding hydrogens is 290 g/mol. The minimum Gasteiger partial charge on any atom is -0.325 e. The molecule has 0 fully saturated rings. The molecule has 0 bridgehead atoms.